The quantitative estimate of drug-likeness (QED) is 0.878. The number of aliphatic hydroxyl groups is 1. The van der Waals surface area contributed by atoms with Gasteiger partial charge in [-0.2, -0.15) is 0 Å². The summed E-state index contributed by atoms with van der Waals surface area (Å²) in [7, 11) is 0. The van der Waals surface area contributed by atoms with Crippen LogP contribution in [0.25, 0.3) is 0 Å². The van der Waals surface area contributed by atoms with E-state index in [0.717, 1.165) is 25.1 Å². The maximum absolute atomic E-state index is 13.4. The monoisotopic (exact) mass is 266 g/mol. The molecule has 2 rings (SSSR count). The summed E-state index contributed by atoms with van der Waals surface area (Å²) >= 11 is 0. The molecule has 1 aromatic rings. The highest BCUT2D eigenvalue weighted by Gasteiger charge is 2.31. The van der Waals surface area contributed by atoms with Crippen LogP contribution in [-0.4, -0.2) is 35.2 Å². The van der Waals surface area contributed by atoms with Gasteiger partial charge in [-0.3, -0.25) is 4.90 Å². The van der Waals surface area contributed by atoms with Gasteiger partial charge in [0, 0.05) is 25.2 Å². The molecular weight excluding hydrogens is 243 g/mol. The molecule has 1 aliphatic heterocycles. The molecule has 0 aromatic heterocycles. The lowest BCUT2D eigenvalue weighted by Crippen LogP contribution is -2.48. The number of halogens is 1. The average molecular weight is 266 g/mol. The standard InChI is InChI=1S/C15H23FN2O/c1-10-9-18(7-6-14(10)19)15(11(2)17)12-4-3-5-13(16)8-12/h3-5,8,10-11,14-15,19H,6-7,9,17H2,1-2H3. The third kappa shape index (κ3) is 3.32. The molecule has 0 radical (unpaired) electrons. The first kappa shape index (κ1) is 14.4. The van der Waals surface area contributed by atoms with Gasteiger partial charge in [0.05, 0.1) is 6.10 Å². The molecule has 1 aromatic carbocycles. The van der Waals surface area contributed by atoms with Gasteiger partial charge < -0.3 is 10.8 Å². The van der Waals surface area contributed by atoms with Gasteiger partial charge in [0.15, 0.2) is 0 Å². The Balaban J connectivity index is 2.21. The lowest BCUT2D eigenvalue weighted by molar-refractivity contribution is 0.0125. The second-order valence-electron chi connectivity index (χ2n) is 5.69. The fourth-order valence-electron chi connectivity index (χ4n) is 2.96. The zero-order valence-corrected chi connectivity index (χ0v) is 11.6. The molecule has 1 fully saturated rings. The molecular formula is C15H23FN2O. The van der Waals surface area contributed by atoms with Crippen LogP contribution in [0, 0.1) is 11.7 Å². The van der Waals surface area contributed by atoms with Crippen LogP contribution in [0.4, 0.5) is 4.39 Å². The van der Waals surface area contributed by atoms with Crippen molar-refractivity contribution in [1.29, 1.82) is 0 Å². The molecule has 0 saturated carbocycles. The summed E-state index contributed by atoms with van der Waals surface area (Å²) in [5.74, 6) is -0.00296. The van der Waals surface area contributed by atoms with Crippen LogP contribution >= 0.6 is 0 Å². The Kier molecular flexibility index (Phi) is 4.55. The van der Waals surface area contributed by atoms with E-state index in [1.165, 1.54) is 6.07 Å². The van der Waals surface area contributed by atoms with Gasteiger partial charge in [-0.15, -0.1) is 0 Å². The van der Waals surface area contributed by atoms with E-state index in [9.17, 15) is 9.50 Å². The molecule has 3 N–H and O–H groups in total. The molecule has 0 aliphatic carbocycles. The van der Waals surface area contributed by atoms with Crippen molar-refractivity contribution < 1.29 is 9.50 Å². The topological polar surface area (TPSA) is 49.5 Å². The smallest absolute Gasteiger partial charge is 0.123 e. The van der Waals surface area contributed by atoms with Crippen LogP contribution in [0.1, 0.15) is 31.9 Å². The van der Waals surface area contributed by atoms with Crippen LogP contribution in [-0.2, 0) is 0 Å². The maximum Gasteiger partial charge on any atom is 0.123 e. The molecule has 1 aliphatic rings. The Hall–Kier alpha value is -0.970. The minimum atomic E-state index is -0.238. The lowest BCUT2D eigenvalue weighted by Gasteiger charge is -2.41. The van der Waals surface area contributed by atoms with Gasteiger partial charge in [0.1, 0.15) is 5.82 Å². The Bertz CT molecular complexity index is 424. The summed E-state index contributed by atoms with van der Waals surface area (Å²) in [6.45, 7) is 5.59. The third-order valence-corrected chi connectivity index (χ3v) is 3.97. The van der Waals surface area contributed by atoms with Gasteiger partial charge in [0.25, 0.3) is 0 Å². The predicted octanol–water partition coefficient (Wildman–Crippen LogP) is 1.92. The highest BCUT2D eigenvalue weighted by molar-refractivity contribution is 5.22. The Morgan fingerprint density at radius 2 is 2.21 bits per heavy atom. The molecule has 106 valence electrons. The molecule has 1 heterocycles. The number of hydrogen-bond donors (Lipinski definition) is 2. The molecule has 0 spiro atoms. The van der Waals surface area contributed by atoms with Crippen LogP contribution in [0.3, 0.4) is 0 Å². The van der Waals surface area contributed by atoms with E-state index in [1.54, 1.807) is 12.1 Å². The molecule has 3 nitrogen and oxygen atoms in total. The van der Waals surface area contributed by atoms with Crippen LogP contribution in [0.2, 0.25) is 0 Å². The van der Waals surface area contributed by atoms with Crippen LogP contribution in [0.5, 0.6) is 0 Å². The van der Waals surface area contributed by atoms with Crippen molar-refractivity contribution in [3.8, 4) is 0 Å². The van der Waals surface area contributed by atoms with Gasteiger partial charge >= 0.3 is 0 Å². The highest BCUT2D eigenvalue weighted by Crippen LogP contribution is 2.29. The molecule has 4 unspecified atom stereocenters. The Morgan fingerprint density at radius 1 is 1.47 bits per heavy atom. The summed E-state index contributed by atoms with van der Waals surface area (Å²) in [5.41, 5.74) is 7.02. The summed E-state index contributed by atoms with van der Waals surface area (Å²) < 4.78 is 13.4. The lowest BCUT2D eigenvalue weighted by atomic mass is 9.91. The fourth-order valence-corrected chi connectivity index (χ4v) is 2.96. The maximum atomic E-state index is 13.4. The van der Waals surface area contributed by atoms with Crippen molar-refractivity contribution in [1.82, 2.24) is 4.90 Å². The zero-order valence-electron chi connectivity index (χ0n) is 11.6. The van der Waals surface area contributed by atoms with E-state index in [2.05, 4.69) is 4.90 Å². The largest absolute Gasteiger partial charge is 0.393 e. The Labute approximate surface area is 114 Å². The molecule has 0 amide bonds. The highest BCUT2D eigenvalue weighted by atomic mass is 19.1. The van der Waals surface area contributed by atoms with Gasteiger partial charge in [0.2, 0.25) is 0 Å². The van der Waals surface area contributed by atoms with Crippen molar-refractivity contribution in [3.63, 3.8) is 0 Å². The van der Waals surface area contributed by atoms with Crippen molar-refractivity contribution in [3.05, 3.63) is 35.6 Å². The molecule has 4 atom stereocenters. The SMILES string of the molecule is CC(N)C(c1cccc(F)c1)N1CCC(O)C(C)C1. The average Bonchev–Trinajstić information content (AvgIpc) is 2.33. The minimum Gasteiger partial charge on any atom is -0.393 e. The minimum absolute atomic E-state index is 0.00523. The number of aliphatic hydroxyl groups excluding tert-OH is 1. The number of nitrogens with two attached hydrogens (primary N) is 1. The van der Waals surface area contributed by atoms with E-state index in [0.29, 0.717) is 0 Å². The molecule has 19 heavy (non-hydrogen) atoms. The fraction of sp³-hybridized carbons (Fsp3) is 0.600. The third-order valence-electron chi connectivity index (χ3n) is 3.97. The van der Waals surface area contributed by atoms with Crippen molar-refractivity contribution in [2.75, 3.05) is 13.1 Å². The number of likely N-dealkylation sites (tertiary alicyclic amines) is 1. The van der Waals surface area contributed by atoms with Crippen LogP contribution < -0.4 is 5.73 Å². The first-order chi connectivity index (χ1) is 8.99. The summed E-state index contributed by atoms with van der Waals surface area (Å²) in [5, 5.41) is 9.81. The first-order valence-corrected chi connectivity index (χ1v) is 6.92. The number of rotatable bonds is 3. The van der Waals surface area contributed by atoms with Crippen molar-refractivity contribution in [2.45, 2.75) is 38.5 Å². The van der Waals surface area contributed by atoms with Crippen molar-refractivity contribution >= 4 is 0 Å². The van der Waals surface area contributed by atoms with Crippen LogP contribution in [0.15, 0.2) is 24.3 Å². The predicted molar refractivity (Wildman–Crippen MR) is 74.2 cm³/mol. The molecule has 4 heteroatoms. The first-order valence-electron chi connectivity index (χ1n) is 6.92. The van der Waals surface area contributed by atoms with Gasteiger partial charge in [-0.05, 0) is 37.0 Å². The van der Waals surface area contributed by atoms with E-state index in [-0.39, 0.29) is 29.9 Å². The Morgan fingerprint density at radius 3 is 2.79 bits per heavy atom. The second-order valence-corrected chi connectivity index (χ2v) is 5.69. The molecule has 0 bridgehead atoms. The normalized spacial score (nSPS) is 28.1. The van der Waals surface area contributed by atoms with E-state index in [4.69, 9.17) is 5.73 Å². The zero-order chi connectivity index (χ0) is 14.0. The second kappa shape index (κ2) is 5.99. The number of benzene rings is 1. The number of nitrogens with zero attached hydrogens (tertiary/aromatic N) is 1. The molecule has 1 saturated heterocycles. The van der Waals surface area contributed by atoms with Crippen molar-refractivity contribution in [2.24, 2.45) is 11.7 Å². The summed E-state index contributed by atoms with van der Waals surface area (Å²) in [6.07, 6.45) is 0.511. The van der Waals surface area contributed by atoms with Gasteiger partial charge in [-0.25, -0.2) is 4.39 Å². The van der Waals surface area contributed by atoms with E-state index in [1.807, 2.05) is 19.9 Å². The van der Waals surface area contributed by atoms with E-state index >= 15 is 0 Å². The summed E-state index contributed by atoms with van der Waals surface area (Å²) in [6, 6.07) is 6.58. The summed E-state index contributed by atoms with van der Waals surface area (Å²) in [4.78, 5) is 2.26. The van der Waals surface area contributed by atoms with Gasteiger partial charge in [-0.1, -0.05) is 19.1 Å². The van der Waals surface area contributed by atoms with E-state index < -0.39 is 0 Å². The number of hydrogen-bond acceptors (Lipinski definition) is 3. The number of piperidine rings is 1.